The molecular weight excluding hydrogens is 333 g/mol. The molecule has 0 N–H and O–H groups in total. The van der Waals surface area contributed by atoms with Crippen LogP contribution in [0.4, 0.5) is 0 Å². The van der Waals surface area contributed by atoms with E-state index in [1.807, 2.05) is 0 Å². The number of hydrogen-bond donors (Lipinski definition) is 0. The fraction of sp³-hybridized carbons (Fsp3) is 0.133. The lowest BCUT2D eigenvalue weighted by atomic mass is 10.2. The molecule has 0 bridgehead atoms. The molecule has 0 spiro atoms. The van der Waals surface area contributed by atoms with Crippen molar-refractivity contribution in [1.29, 1.82) is 5.26 Å². The third kappa shape index (κ3) is 4.18. The second-order valence-corrected chi connectivity index (χ2v) is 5.25. The SMILES string of the molecule is N#Cc1ccccc1OCCOc1c(Cl)cc(Cl)cc1Cl. The molecular formula is C15H10Cl3NO2. The van der Waals surface area contributed by atoms with Crippen molar-refractivity contribution in [1.82, 2.24) is 0 Å². The first-order valence-electron chi connectivity index (χ1n) is 6.01. The number of para-hydroxylation sites is 1. The molecule has 0 unspecified atom stereocenters. The molecule has 3 nitrogen and oxygen atoms in total. The van der Waals surface area contributed by atoms with Crippen molar-refractivity contribution in [2.45, 2.75) is 0 Å². The second kappa shape index (κ2) is 7.42. The zero-order chi connectivity index (χ0) is 15.2. The quantitative estimate of drug-likeness (QED) is 0.720. The van der Waals surface area contributed by atoms with Gasteiger partial charge in [0, 0.05) is 5.02 Å². The van der Waals surface area contributed by atoms with Gasteiger partial charge in [-0.25, -0.2) is 0 Å². The maximum absolute atomic E-state index is 8.94. The molecule has 0 fully saturated rings. The zero-order valence-electron chi connectivity index (χ0n) is 10.8. The molecule has 0 aromatic heterocycles. The summed E-state index contributed by atoms with van der Waals surface area (Å²) in [4.78, 5) is 0. The third-order valence-corrected chi connectivity index (χ3v) is 3.34. The van der Waals surface area contributed by atoms with Crippen LogP contribution in [-0.2, 0) is 0 Å². The first kappa shape index (κ1) is 15.8. The molecule has 21 heavy (non-hydrogen) atoms. The van der Waals surface area contributed by atoms with Crippen molar-refractivity contribution in [3.05, 3.63) is 57.0 Å². The fourth-order valence-electron chi connectivity index (χ4n) is 1.65. The van der Waals surface area contributed by atoms with E-state index in [9.17, 15) is 0 Å². The maximum Gasteiger partial charge on any atom is 0.156 e. The molecule has 0 saturated carbocycles. The van der Waals surface area contributed by atoms with E-state index >= 15 is 0 Å². The van der Waals surface area contributed by atoms with E-state index in [2.05, 4.69) is 6.07 Å². The van der Waals surface area contributed by atoms with Crippen LogP contribution in [0.2, 0.25) is 15.1 Å². The number of nitrogens with zero attached hydrogens (tertiary/aromatic N) is 1. The molecule has 2 aromatic carbocycles. The van der Waals surface area contributed by atoms with Gasteiger partial charge >= 0.3 is 0 Å². The standard InChI is InChI=1S/C15H10Cl3NO2/c16-11-7-12(17)15(13(18)8-11)21-6-5-20-14-4-2-1-3-10(14)9-19/h1-4,7-8H,5-6H2. The Hall–Kier alpha value is -1.60. The molecule has 0 aliphatic carbocycles. The van der Waals surface area contributed by atoms with Gasteiger partial charge in [-0.15, -0.1) is 0 Å². The van der Waals surface area contributed by atoms with Crippen LogP contribution in [0, 0.1) is 11.3 Å². The second-order valence-electron chi connectivity index (χ2n) is 4.00. The van der Waals surface area contributed by atoms with Crippen LogP contribution in [0.5, 0.6) is 11.5 Å². The highest BCUT2D eigenvalue weighted by Gasteiger charge is 2.09. The Morgan fingerprint density at radius 2 is 1.57 bits per heavy atom. The lowest BCUT2D eigenvalue weighted by Gasteiger charge is -2.11. The monoisotopic (exact) mass is 341 g/mol. The minimum atomic E-state index is 0.237. The normalized spacial score (nSPS) is 10.0. The molecule has 2 aromatic rings. The van der Waals surface area contributed by atoms with E-state index in [1.54, 1.807) is 36.4 Å². The highest BCUT2D eigenvalue weighted by molar-refractivity contribution is 6.40. The average molecular weight is 343 g/mol. The predicted molar refractivity (Wildman–Crippen MR) is 83.6 cm³/mol. The number of hydrogen-bond acceptors (Lipinski definition) is 3. The van der Waals surface area contributed by atoms with Gasteiger partial charge in [-0.2, -0.15) is 5.26 Å². The molecule has 0 radical (unpaired) electrons. The van der Waals surface area contributed by atoms with Crippen molar-refractivity contribution in [2.75, 3.05) is 13.2 Å². The Balaban J connectivity index is 1.93. The highest BCUT2D eigenvalue weighted by Crippen LogP contribution is 2.35. The number of rotatable bonds is 5. The molecule has 108 valence electrons. The Labute approximate surface area is 137 Å². The van der Waals surface area contributed by atoms with E-state index < -0.39 is 0 Å². The number of ether oxygens (including phenoxy) is 2. The summed E-state index contributed by atoms with van der Waals surface area (Å²) in [5.41, 5.74) is 0.472. The molecule has 0 heterocycles. The van der Waals surface area contributed by atoms with Crippen LogP contribution in [0.1, 0.15) is 5.56 Å². The van der Waals surface area contributed by atoms with Gasteiger partial charge in [-0.1, -0.05) is 46.9 Å². The van der Waals surface area contributed by atoms with E-state index in [-0.39, 0.29) is 13.2 Å². The van der Waals surface area contributed by atoms with Crippen molar-refractivity contribution in [3.8, 4) is 17.6 Å². The maximum atomic E-state index is 8.94. The molecule has 0 aliphatic heterocycles. The lowest BCUT2D eigenvalue weighted by molar-refractivity contribution is 0.217. The number of nitriles is 1. The Bertz CT molecular complexity index is 660. The topological polar surface area (TPSA) is 42.2 Å². The lowest BCUT2D eigenvalue weighted by Crippen LogP contribution is -2.10. The fourth-order valence-corrected chi connectivity index (χ4v) is 2.57. The van der Waals surface area contributed by atoms with E-state index in [1.165, 1.54) is 0 Å². The molecule has 2 rings (SSSR count). The van der Waals surface area contributed by atoms with Gasteiger partial charge < -0.3 is 9.47 Å². The minimum Gasteiger partial charge on any atom is -0.489 e. The van der Waals surface area contributed by atoms with Gasteiger partial charge in [0.1, 0.15) is 25.0 Å². The largest absolute Gasteiger partial charge is 0.489 e. The zero-order valence-corrected chi connectivity index (χ0v) is 13.0. The van der Waals surface area contributed by atoms with E-state index in [4.69, 9.17) is 49.5 Å². The first-order valence-corrected chi connectivity index (χ1v) is 7.14. The van der Waals surface area contributed by atoms with E-state index in [0.717, 1.165) is 0 Å². The van der Waals surface area contributed by atoms with Crippen LogP contribution in [0.3, 0.4) is 0 Å². The molecule has 6 heteroatoms. The van der Waals surface area contributed by atoms with Crippen LogP contribution >= 0.6 is 34.8 Å². The summed E-state index contributed by atoms with van der Waals surface area (Å²) in [7, 11) is 0. The van der Waals surface area contributed by atoms with Gasteiger partial charge in [-0.3, -0.25) is 0 Å². The molecule has 0 saturated heterocycles. The summed E-state index contributed by atoms with van der Waals surface area (Å²) in [5.74, 6) is 0.872. The van der Waals surface area contributed by atoms with E-state index in [0.29, 0.717) is 32.1 Å². The van der Waals surface area contributed by atoms with Crippen LogP contribution in [0.25, 0.3) is 0 Å². The van der Waals surface area contributed by atoms with Gasteiger partial charge in [0.2, 0.25) is 0 Å². The van der Waals surface area contributed by atoms with Crippen LogP contribution < -0.4 is 9.47 Å². The number of benzene rings is 2. The van der Waals surface area contributed by atoms with Crippen molar-refractivity contribution < 1.29 is 9.47 Å². The smallest absolute Gasteiger partial charge is 0.156 e. The summed E-state index contributed by atoms with van der Waals surface area (Å²) in [6, 6.07) is 12.1. The van der Waals surface area contributed by atoms with Gasteiger partial charge in [0.25, 0.3) is 0 Å². The van der Waals surface area contributed by atoms with Crippen LogP contribution in [-0.4, -0.2) is 13.2 Å². The van der Waals surface area contributed by atoms with Gasteiger partial charge in [0.05, 0.1) is 15.6 Å². The van der Waals surface area contributed by atoms with Gasteiger partial charge in [0.15, 0.2) is 5.75 Å². The highest BCUT2D eigenvalue weighted by atomic mass is 35.5. The Kier molecular flexibility index (Phi) is 5.58. The van der Waals surface area contributed by atoms with Crippen molar-refractivity contribution >= 4 is 34.8 Å². The predicted octanol–water partition coefficient (Wildman–Crippen LogP) is 4.98. The summed E-state index contributed by atoms with van der Waals surface area (Å²) < 4.78 is 11.0. The summed E-state index contributed by atoms with van der Waals surface area (Å²) >= 11 is 17.8. The third-order valence-electron chi connectivity index (χ3n) is 2.56. The average Bonchev–Trinajstić information content (AvgIpc) is 2.45. The van der Waals surface area contributed by atoms with Gasteiger partial charge in [-0.05, 0) is 24.3 Å². The summed E-state index contributed by atoms with van der Waals surface area (Å²) in [6.07, 6.45) is 0. The first-order chi connectivity index (χ1) is 10.1. The minimum absolute atomic E-state index is 0.237. The summed E-state index contributed by atoms with van der Waals surface area (Å²) in [6.45, 7) is 0.495. The Morgan fingerprint density at radius 3 is 2.24 bits per heavy atom. The van der Waals surface area contributed by atoms with Crippen molar-refractivity contribution in [3.63, 3.8) is 0 Å². The molecule has 0 amide bonds. The van der Waals surface area contributed by atoms with Crippen LogP contribution in [0.15, 0.2) is 36.4 Å². The number of halogens is 3. The molecule has 0 atom stereocenters. The van der Waals surface area contributed by atoms with Crippen molar-refractivity contribution in [2.24, 2.45) is 0 Å². The summed E-state index contributed by atoms with van der Waals surface area (Å²) in [5, 5.41) is 10.1. The Morgan fingerprint density at radius 1 is 0.952 bits per heavy atom. The molecule has 0 aliphatic rings.